The van der Waals surface area contributed by atoms with Crippen molar-refractivity contribution in [3.8, 4) is 0 Å². The van der Waals surface area contributed by atoms with Crippen LogP contribution in [0.2, 0.25) is 0 Å². The summed E-state index contributed by atoms with van der Waals surface area (Å²) in [6.07, 6.45) is 7.28. The molecule has 1 saturated carbocycles. The minimum absolute atomic E-state index is 0. The maximum Gasteiger partial charge on any atom is 0.191 e. The Kier molecular flexibility index (Phi) is 6.73. The van der Waals surface area contributed by atoms with Gasteiger partial charge in [0.1, 0.15) is 5.82 Å². The second-order valence-corrected chi connectivity index (χ2v) is 7.42. The van der Waals surface area contributed by atoms with Gasteiger partial charge in [0.15, 0.2) is 11.8 Å². The van der Waals surface area contributed by atoms with E-state index < -0.39 is 0 Å². The fourth-order valence-electron chi connectivity index (χ4n) is 4.39. The number of aromatic nitrogens is 3. The molecule has 1 aromatic heterocycles. The third-order valence-corrected chi connectivity index (χ3v) is 5.86. The molecule has 0 spiro atoms. The summed E-state index contributed by atoms with van der Waals surface area (Å²) in [5.41, 5.74) is 1.66. The second kappa shape index (κ2) is 9.03. The number of hydrogen-bond donors (Lipinski definition) is 2. The molecule has 0 radical (unpaired) electrons. The Morgan fingerprint density at radius 2 is 1.89 bits per heavy atom. The van der Waals surface area contributed by atoms with Crippen LogP contribution in [0.4, 0.5) is 0 Å². The highest BCUT2D eigenvalue weighted by Gasteiger charge is 2.35. The van der Waals surface area contributed by atoms with Gasteiger partial charge in [-0.05, 0) is 24.8 Å². The van der Waals surface area contributed by atoms with E-state index in [-0.39, 0.29) is 29.4 Å². The first kappa shape index (κ1) is 20.1. The van der Waals surface area contributed by atoms with Crippen molar-refractivity contribution in [2.75, 3.05) is 13.6 Å². The van der Waals surface area contributed by atoms with Crippen molar-refractivity contribution in [3.63, 3.8) is 0 Å². The third kappa shape index (κ3) is 4.28. The van der Waals surface area contributed by atoms with Crippen LogP contribution in [0, 0.1) is 0 Å². The first-order valence-electron chi connectivity index (χ1n) is 9.72. The monoisotopic (exact) mass is 480 g/mol. The highest BCUT2D eigenvalue weighted by Crippen LogP contribution is 2.40. The summed E-state index contributed by atoms with van der Waals surface area (Å²) < 4.78 is 2.22. The minimum atomic E-state index is 0. The molecule has 146 valence electrons. The topological polar surface area (TPSA) is 67.1 Å². The van der Waals surface area contributed by atoms with E-state index in [1.165, 1.54) is 37.7 Å². The average Bonchev–Trinajstić information content (AvgIpc) is 3.41. The van der Waals surface area contributed by atoms with Crippen molar-refractivity contribution >= 4 is 29.9 Å². The number of rotatable bonds is 5. The molecule has 0 amide bonds. The van der Waals surface area contributed by atoms with E-state index >= 15 is 0 Å². The number of aryl methyl sites for hydroxylation is 1. The highest BCUT2D eigenvalue weighted by molar-refractivity contribution is 14.0. The lowest BCUT2D eigenvalue weighted by atomic mass is 9.79. The van der Waals surface area contributed by atoms with Crippen molar-refractivity contribution in [2.45, 2.75) is 57.0 Å². The molecular weight excluding hydrogens is 451 g/mol. The van der Waals surface area contributed by atoms with Crippen LogP contribution in [-0.4, -0.2) is 34.3 Å². The summed E-state index contributed by atoms with van der Waals surface area (Å²) in [6.45, 7) is 2.60. The van der Waals surface area contributed by atoms with Crippen molar-refractivity contribution in [1.29, 1.82) is 0 Å². The lowest BCUT2D eigenvalue weighted by Gasteiger charge is -2.30. The largest absolute Gasteiger partial charge is 0.356 e. The Morgan fingerprint density at radius 1 is 1.11 bits per heavy atom. The summed E-state index contributed by atoms with van der Waals surface area (Å²) in [6, 6.07) is 10.9. The van der Waals surface area contributed by atoms with Crippen LogP contribution in [0.25, 0.3) is 0 Å². The van der Waals surface area contributed by atoms with Crippen molar-refractivity contribution < 1.29 is 0 Å². The van der Waals surface area contributed by atoms with E-state index in [1.54, 1.807) is 0 Å². The quantitative estimate of drug-likeness (QED) is 0.393. The molecule has 1 aliphatic carbocycles. The summed E-state index contributed by atoms with van der Waals surface area (Å²) >= 11 is 0. The van der Waals surface area contributed by atoms with Gasteiger partial charge in [0.05, 0.1) is 6.54 Å². The molecule has 27 heavy (non-hydrogen) atoms. The first-order valence-corrected chi connectivity index (χ1v) is 9.72. The van der Waals surface area contributed by atoms with E-state index in [2.05, 4.69) is 60.7 Å². The van der Waals surface area contributed by atoms with Gasteiger partial charge in [-0.25, -0.2) is 0 Å². The molecular formula is C20H29IN6. The SMILES string of the molecule is CN=C(NCc1nnc2n1CCC2)NCC1(c2ccccc2)CCCC1.I. The van der Waals surface area contributed by atoms with Crippen molar-refractivity contribution in [3.05, 3.63) is 47.5 Å². The molecule has 1 fully saturated rings. The van der Waals surface area contributed by atoms with E-state index in [0.29, 0.717) is 6.54 Å². The molecule has 0 saturated heterocycles. The molecule has 1 aromatic carbocycles. The molecule has 2 aliphatic rings. The van der Waals surface area contributed by atoms with Gasteiger partial charge in [0.25, 0.3) is 0 Å². The van der Waals surface area contributed by atoms with Gasteiger partial charge in [0, 0.05) is 32.0 Å². The number of nitrogens with one attached hydrogen (secondary N) is 2. The summed E-state index contributed by atoms with van der Waals surface area (Å²) in [7, 11) is 1.83. The summed E-state index contributed by atoms with van der Waals surface area (Å²) in [5.74, 6) is 2.94. The molecule has 0 unspecified atom stereocenters. The Balaban J connectivity index is 0.00000210. The molecule has 1 aliphatic heterocycles. The van der Waals surface area contributed by atoms with Crippen LogP contribution in [0.3, 0.4) is 0 Å². The number of guanidine groups is 1. The Bertz CT molecular complexity index is 764. The molecule has 6 nitrogen and oxygen atoms in total. The van der Waals surface area contributed by atoms with Gasteiger partial charge in [-0.3, -0.25) is 4.99 Å². The number of aliphatic imine (C=N–C) groups is 1. The lowest BCUT2D eigenvalue weighted by molar-refractivity contribution is 0.431. The number of halogens is 1. The maximum absolute atomic E-state index is 4.40. The molecule has 0 atom stereocenters. The van der Waals surface area contributed by atoms with Gasteiger partial charge < -0.3 is 15.2 Å². The van der Waals surface area contributed by atoms with E-state index in [9.17, 15) is 0 Å². The predicted octanol–water partition coefficient (Wildman–Crippen LogP) is 3.02. The Morgan fingerprint density at radius 3 is 2.63 bits per heavy atom. The van der Waals surface area contributed by atoms with Gasteiger partial charge >= 0.3 is 0 Å². The van der Waals surface area contributed by atoms with Gasteiger partial charge in [-0.2, -0.15) is 0 Å². The van der Waals surface area contributed by atoms with Crippen LogP contribution in [0.5, 0.6) is 0 Å². The number of benzene rings is 1. The Hall–Kier alpha value is -1.64. The zero-order valence-electron chi connectivity index (χ0n) is 15.9. The molecule has 2 heterocycles. The molecule has 0 bridgehead atoms. The first-order chi connectivity index (χ1) is 12.8. The molecule has 4 rings (SSSR count). The van der Waals surface area contributed by atoms with Gasteiger partial charge in [-0.15, -0.1) is 34.2 Å². The maximum atomic E-state index is 4.40. The van der Waals surface area contributed by atoms with E-state index in [4.69, 9.17) is 0 Å². The zero-order chi connectivity index (χ0) is 17.8. The van der Waals surface area contributed by atoms with Crippen LogP contribution in [-0.2, 0) is 24.9 Å². The summed E-state index contributed by atoms with van der Waals surface area (Å²) in [4.78, 5) is 4.40. The fraction of sp³-hybridized carbons (Fsp3) is 0.550. The van der Waals surface area contributed by atoms with E-state index in [1.807, 2.05) is 7.05 Å². The number of hydrogen-bond acceptors (Lipinski definition) is 3. The number of fused-ring (bicyclic) bond motifs is 1. The third-order valence-electron chi connectivity index (χ3n) is 5.86. The standard InChI is InChI=1S/C20H28N6.HI/c1-21-19(22-14-18-25-24-17-10-7-13-26(17)18)23-15-20(11-5-6-12-20)16-8-3-2-4-9-16;/h2-4,8-9H,5-7,10-15H2,1H3,(H2,21,22,23);1H. The fourth-order valence-corrected chi connectivity index (χ4v) is 4.39. The van der Waals surface area contributed by atoms with E-state index in [0.717, 1.165) is 37.1 Å². The average molecular weight is 480 g/mol. The lowest BCUT2D eigenvalue weighted by Crippen LogP contribution is -2.44. The Labute approximate surface area is 178 Å². The van der Waals surface area contributed by atoms with Crippen LogP contribution >= 0.6 is 24.0 Å². The van der Waals surface area contributed by atoms with Crippen molar-refractivity contribution in [2.24, 2.45) is 4.99 Å². The zero-order valence-corrected chi connectivity index (χ0v) is 18.3. The van der Waals surface area contributed by atoms with Crippen LogP contribution in [0.1, 0.15) is 49.3 Å². The smallest absolute Gasteiger partial charge is 0.191 e. The molecule has 2 N–H and O–H groups in total. The minimum Gasteiger partial charge on any atom is -0.356 e. The second-order valence-electron chi connectivity index (χ2n) is 7.42. The predicted molar refractivity (Wildman–Crippen MR) is 119 cm³/mol. The molecule has 7 heteroatoms. The van der Waals surface area contributed by atoms with Crippen LogP contribution in [0.15, 0.2) is 35.3 Å². The normalized spacial score (nSPS) is 18.0. The highest BCUT2D eigenvalue weighted by atomic mass is 127. The van der Waals surface area contributed by atoms with Crippen molar-refractivity contribution in [1.82, 2.24) is 25.4 Å². The summed E-state index contributed by atoms with van der Waals surface area (Å²) in [5, 5.41) is 15.6. The number of nitrogens with zero attached hydrogens (tertiary/aromatic N) is 4. The molecule has 2 aromatic rings. The van der Waals surface area contributed by atoms with Crippen LogP contribution < -0.4 is 10.6 Å². The van der Waals surface area contributed by atoms with Gasteiger partial charge in [-0.1, -0.05) is 43.2 Å². The van der Waals surface area contributed by atoms with Gasteiger partial charge in [0.2, 0.25) is 0 Å².